The van der Waals surface area contributed by atoms with Crippen molar-refractivity contribution in [1.82, 2.24) is 14.9 Å². The summed E-state index contributed by atoms with van der Waals surface area (Å²) in [6, 6.07) is -0.109. The maximum atomic E-state index is 12.9. The molecule has 0 aliphatic heterocycles. The highest BCUT2D eigenvalue weighted by Gasteiger charge is 2.23. The first-order valence-corrected chi connectivity index (χ1v) is 9.44. The highest BCUT2D eigenvalue weighted by atomic mass is 32.2. The standard InChI is InChI=1S/C16H21N3O4S2/c1-7(2)19-14(21)11-8(3)9(4)24-13(11)18-15(19)25-10(5)12(20)17-16(22)23-6/h7,10H,1-6H3,(H,17,20,22)/t10-/m0/s1. The summed E-state index contributed by atoms with van der Waals surface area (Å²) < 4.78 is 6.02. The number of amides is 2. The maximum Gasteiger partial charge on any atom is 0.413 e. The molecule has 136 valence electrons. The number of thioether (sulfide) groups is 1. The average Bonchev–Trinajstić information content (AvgIpc) is 2.81. The largest absolute Gasteiger partial charge is 0.453 e. The lowest BCUT2D eigenvalue weighted by molar-refractivity contribution is -0.119. The van der Waals surface area contributed by atoms with Crippen molar-refractivity contribution in [3.8, 4) is 0 Å². The van der Waals surface area contributed by atoms with Crippen LogP contribution in [0, 0.1) is 13.8 Å². The Bertz CT molecular complexity index is 886. The minimum Gasteiger partial charge on any atom is -0.453 e. The van der Waals surface area contributed by atoms with E-state index in [1.54, 1.807) is 11.5 Å². The topological polar surface area (TPSA) is 90.3 Å². The van der Waals surface area contributed by atoms with E-state index in [1.165, 1.54) is 18.4 Å². The van der Waals surface area contributed by atoms with Gasteiger partial charge in [-0.1, -0.05) is 11.8 Å². The van der Waals surface area contributed by atoms with E-state index in [4.69, 9.17) is 0 Å². The third-order valence-electron chi connectivity index (χ3n) is 3.78. The van der Waals surface area contributed by atoms with Gasteiger partial charge < -0.3 is 4.74 Å². The molecular weight excluding hydrogens is 362 g/mol. The monoisotopic (exact) mass is 383 g/mol. The number of nitrogens with one attached hydrogen (secondary N) is 1. The van der Waals surface area contributed by atoms with Crippen molar-refractivity contribution in [2.24, 2.45) is 0 Å². The predicted molar refractivity (Wildman–Crippen MR) is 99.6 cm³/mol. The second-order valence-electron chi connectivity index (χ2n) is 5.87. The van der Waals surface area contributed by atoms with Gasteiger partial charge in [0.15, 0.2) is 5.16 Å². The van der Waals surface area contributed by atoms with Crippen LogP contribution in [0.3, 0.4) is 0 Å². The Labute approximate surface area is 153 Å². The Morgan fingerprint density at radius 2 is 1.92 bits per heavy atom. The number of aryl methyl sites for hydroxylation is 2. The first-order chi connectivity index (χ1) is 11.7. The predicted octanol–water partition coefficient (Wildman–Crippen LogP) is 3.02. The van der Waals surface area contributed by atoms with Crippen molar-refractivity contribution >= 4 is 45.3 Å². The molecule has 0 aliphatic rings. The van der Waals surface area contributed by atoms with E-state index in [2.05, 4.69) is 15.0 Å². The van der Waals surface area contributed by atoms with Crippen LogP contribution in [0.2, 0.25) is 0 Å². The van der Waals surface area contributed by atoms with Gasteiger partial charge >= 0.3 is 6.09 Å². The van der Waals surface area contributed by atoms with Gasteiger partial charge in [0.1, 0.15) is 4.83 Å². The zero-order valence-electron chi connectivity index (χ0n) is 15.0. The molecule has 9 heteroatoms. The highest BCUT2D eigenvalue weighted by molar-refractivity contribution is 8.00. The molecule has 0 saturated heterocycles. The van der Waals surface area contributed by atoms with Crippen LogP contribution in [0.5, 0.6) is 0 Å². The average molecular weight is 383 g/mol. The van der Waals surface area contributed by atoms with Crippen LogP contribution in [0.4, 0.5) is 4.79 Å². The fraction of sp³-hybridized carbons (Fsp3) is 0.500. The third-order valence-corrected chi connectivity index (χ3v) is 5.95. The zero-order chi connectivity index (χ0) is 18.9. The third kappa shape index (κ3) is 3.87. The summed E-state index contributed by atoms with van der Waals surface area (Å²) in [7, 11) is 1.19. The molecule has 0 aromatic carbocycles. The molecule has 2 amide bonds. The van der Waals surface area contributed by atoms with Crippen molar-refractivity contribution in [3.05, 3.63) is 20.8 Å². The van der Waals surface area contributed by atoms with Gasteiger partial charge in [0.05, 0.1) is 17.7 Å². The number of methoxy groups -OCH3 is 1. The summed E-state index contributed by atoms with van der Waals surface area (Å²) in [6.07, 6.45) is -0.813. The van der Waals surface area contributed by atoms with Gasteiger partial charge in [-0.25, -0.2) is 9.78 Å². The molecule has 0 aliphatic carbocycles. The molecular formula is C16H21N3O4S2. The first kappa shape index (κ1) is 19.5. The summed E-state index contributed by atoms with van der Waals surface area (Å²) in [4.78, 5) is 42.5. The summed E-state index contributed by atoms with van der Waals surface area (Å²) >= 11 is 2.61. The van der Waals surface area contributed by atoms with Crippen molar-refractivity contribution in [3.63, 3.8) is 0 Å². The second-order valence-corrected chi connectivity index (χ2v) is 8.38. The lowest BCUT2D eigenvalue weighted by Gasteiger charge is -2.17. The normalized spacial score (nSPS) is 12.4. The van der Waals surface area contributed by atoms with E-state index in [-0.39, 0.29) is 11.6 Å². The van der Waals surface area contributed by atoms with E-state index >= 15 is 0 Å². The van der Waals surface area contributed by atoms with Crippen LogP contribution in [-0.2, 0) is 9.53 Å². The van der Waals surface area contributed by atoms with Crippen molar-refractivity contribution in [2.45, 2.75) is 51.1 Å². The molecule has 0 saturated carbocycles. The van der Waals surface area contributed by atoms with Crippen molar-refractivity contribution < 1.29 is 14.3 Å². The van der Waals surface area contributed by atoms with E-state index in [0.717, 1.165) is 22.2 Å². The van der Waals surface area contributed by atoms with Gasteiger partial charge in [0.25, 0.3) is 5.56 Å². The number of hydrogen-bond donors (Lipinski definition) is 1. The second kappa shape index (κ2) is 7.57. The molecule has 2 rings (SSSR count). The number of hydrogen-bond acceptors (Lipinski definition) is 7. The maximum absolute atomic E-state index is 12.9. The number of alkyl carbamates (subject to hydrolysis) is 1. The van der Waals surface area contributed by atoms with E-state index in [0.29, 0.717) is 15.4 Å². The fourth-order valence-corrected chi connectivity index (χ4v) is 4.40. The summed E-state index contributed by atoms with van der Waals surface area (Å²) in [5, 5.41) is 2.61. The van der Waals surface area contributed by atoms with Crippen LogP contribution in [0.1, 0.15) is 37.3 Å². The molecule has 2 aromatic heterocycles. The number of carbonyl (C=O) groups excluding carboxylic acids is 2. The van der Waals surface area contributed by atoms with Crippen molar-refractivity contribution in [1.29, 1.82) is 0 Å². The molecule has 0 radical (unpaired) electrons. The number of imide groups is 1. The molecule has 25 heavy (non-hydrogen) atoms. The minimum absolute atomic E-state index is 0.107. The molecule has 0 fully saturated rings. The lowest BCUT2D eigenvalue weighted by Crippen LogP contribution is -2.36. The van der Waals surface area contributed by atoms with E-state index in [9.17, 15) is 14.4 Å². The minimum atomic E-state index is -0.813. The Kier molecular flexibility index (Phi) is 5.89. The van der Waals surface area contributed by atoms with Crippen molar-refractivity contribution in [2.75, 3.05) is 7.11 Å². The van der Waals surface area contributed by atoms with E-state index < -0.39 is 17.3 Å². The van der Waals surface area contributed by atoms with Crippen LogP contribution in [-0.4, -0.2) is 33.9 Å². The number of nitrogens with zero attached hydrogens (tertiary/aromatic N) is 2. The molecule has 1 atom stereocenters. The van der Waals surface area contributed by atoms with Gasteiger partial charge in [-0.2, -0.15) is 0 Å². The van der Waals surface area contributed by atoms with Gasteiger partial charge in [0, 0.05) is 10.9 Å². The number of thiophene rings is 1. The number of rotatable bonds is 4. The van der Waals surface area contributed by atoms with Gasteiger partial charge in [-0.15, -0.1) is 11.3 Å². The molecule has 2 heterocycles. The van der Waals surface area contributed by atoms with Crippen LogP contribution < -0.4 is 10.9 Å². The summed E-state index contributed by atoms with van der Waals surface area (Å²) in [6.45, 7) is 9.32. The first-order valence-electron chi connectivity index (χ1n) is 7.75. The SMILES string of the molecule is COC(=O)NC(=O)[C@H](C)Sc1nc2sc(C)c(C)c2c(=O)n1C(C)C. The Balaban J connectivity index is 2.47. The number of carbonyl (C=O) groups is 2. The number of ether oxygens (including phenoxy) is 1. The molecule has 2 aromatic rings. The Morgan fingerprint density at radius 1 is 1.28 bits per heavy atom. The molecule has 0 bridgehead atoms. The highest BCUT2D eigenvalue weighted by Crippen LogP contribution is 2.30. The number of aromatic nitrogens is 2. The smallest absolute Gasteiger partial charge is 0.413 e. The van der Waals surface area contributed by atoms with Crippen LogP contribution in [0.25, 0.3) is 10.2 Å². The fourth-order valence-electron chi connectivity index (χ4n) is 2.29. The van der Waals surface area contributed by atoms with Gasteiger partial charge in [-0.3, -0.25) is 19.5 Å². The molecule has 0 spiro atoms. The zero-order valence-corrected chi connectivity index (χ0v) is 16.6. The van der Waals surface area contributed by atoms with Crippen LogP contribution >= 0.6 is 23.1 Å². The van der Waals surface area contributed by atoms with Crippen LogP contribution in [0.15, 0.2) is 9.95 Å². The lowest BCUT2D eigenvalue weighted by atomic mass is 10.2. The van der Waals surface area contributed by atoms with Gasteiger partial charge in [0.2, 0.25) is 5.91 Å². The van der Waals surface area contributed by atoms with Gasteiger partial charge in [-0.05, 0) is 40.2 Å². The summed E-state index contributed by atoms with van der Waals surface area (Å²) in [5.74, 6) is -0.500. The Hall–Kier alpha value is -1.87. The molecule has 0 unspecified atom stereocenters. The van der Waals surface area contributed by atoms with E-state index in [1.807, 2.05) is 27.7 Å². The molecule has 7 nitrogen and oxygen atoms in total. The quantitative estimate of drug-likeness (QED) is 0.645. The molecule has 1 N–H and O–H groups in total. The summed E-state index contributed by atoms with van der Waals surface area (Å²) in [5.41, 5.74) is 0.838. The number of fused-ring (bicyclic) bond motifs is 1. The Morgan fingerprint density at radius 3 is 2.48 bits per heavy atom.